The Hall–Kier alpha value is -2.47. The number of para-hydroxylation sites is 2. The summed E-state index contributed by atoms with van der Waals surface area (Å²) in [6.07, 6.45) is 3.10. The van der Waals surface area contributed by atoms with Crippen LogP contribution in [0.5, 0.6) is 5.75 Å². The van der Waals surface area contributed by atoms with Crippen LogP contribution in [-0.2, 0) is 0 Å². The minimum absolute atomic E-state index is 0.0240. The van der Waals surface area contributed by atoms with Crippen molar-refractivity contribution in [2.75, 3.05) is 11.9 Å². The summed E-state index contributed by atoms with van der Waals surface area (Å²) in [5.74, 6) is -0.344. The fourth-order valence-electron chi connectivity index (χ4n) is 2.20. The molecule has 0 aliphatic heterocycles. The SMILES string of the molecule is CCCCCOc1ccccc1C(=O)NC(=S)Nc1ccccc1F. The number of rotatable bonds is 7. The van der Waals surface area contributed by atoms with Gasteiger partial charge in [0.15, 0.2) is 5.11 Å². The number of carbonyl (C=O) groups excluding carboxylic acids is 1. The quantitative estimate of drug-likeness (QED) is 0.563. The maximum atomic E-state index is 13.6. The van der Waals surface area contributed by atoms with E-state index >= 15 is 0 Å². The standard InChI is InChI=1S/C19H21FN2O2S/c1-2-3-8-13-24-17-12-7-4-9-14(17)18(23)22-19(25)21-16-11-6-5-10-15(16)20/h4-7,9-12H,2-3,8,13H2,1H3,(H2,21,22,23,25). The zero-order chi connectivity index (χ0) is 18.1. The Morgan fingerprint density at radius 2 is 1.84 bits per heavy atom. The minimum Gasteiger partial charge on any atom is -0.493 e. The molecule has 0 aliphatic rings. The number of unbranched alkanes of at least 4 members (excludes halogenated alkanes) is 2. The van der Waals surface area contributed by atoms with Gasteiger partial charge >= 0.3 is 0 Å². The van der Waals surface area contributed by atoms with Gasteiger partial charge < -0.3 is 10.1 Å². The molecule has 0 radical (unpaired) electrons. The third-order valence-electron chi connectivity index (χ3n) is 3.49. The van der Waals surface area contributed by atoms with Crippen LogP contribution in [0, 0.1) is 5.82 Å². The topological polar surface area (TPSA) is 50.4 Å². The van der Waals surface area contributed by atoms with E-state index in [-0.39, 0.29) is 10.8 Å². The second-order valence-corrected chi connectivity index (χ2v) is 5.85. The predicted molar refractivity (Wildman–Crippen MR) is 102 cm³/mol. The molecule has 2 N–H and O–H groups in total. The summed E-state index contributed by atoms with van der Waals surface area (Å²) in [6.45, 7) is 2.67. The van der Waals surface area contributed by atoms with Crippen molar-refractivity contribution in [1.82, 2.24) is 5.32 Å². The zero-order valence-corrected chi connectivity index (χ0v) is 14.9. The Kier molecular flexibility index (Phi) is 7.35. The first kappa shape index (κ1) is 18.9. The van der Waals surface area contributed by atoms with Crippen molar-refractivity contribution < 1.29 is 13.9 Å². The van der Waals surface area contributed by atoms with Crippen LogP contribution in [-0.4, -0.2) is 17.6 Å². The molecule has 0 fully saturated rings. The molecule has 0 heterocycles. The van der Waals surface area contributed by atoms with Gasteiger partial charge in [-0.05, 0) is 42.9 Å². The van der Waals surface area contributed by atoms with Crippen LogP contribution in [0.3, 0.4) is 0 Å². The van der Waals surface area contributed by atoms with Crippen molar-refractivity contribution in [1.29, 1.82) is 0 Å². The molecule has 0 saturated heterocycles. The van der Waals surface area contributed by atoms with Gasteiger partial charge in [0.25, 0.3) is 5.91 Å². The smallest absolute Gasteiger partial charge is 0.261 e. The van der Waals surface area contributed by atoms with Crippen molar-refractivity contribution in [3.63, 3.8) is 0 Å². The van der Waals surface area contributed by atoms with Gasteiger partial charge in [0.05, 0.1) is 17.9 Å². The highest BCUT2D eigenvalue weighted by atomic mass is 32.1. The lowest BCUT2D eigenvalue weighted by Gasteiger charge is -2.13. The summed E-state index contributed by atoms with van der Waals surface area (Å²) in [7, 11) is 0. The lowest BCUT2D eigenvalue weighted by molar-refractivity contribution is 0.0973. The molecule has 2 aromatic rings. The van der Waals surface area contributed by atoms with Gasteiger partial charge in [-0.1, -0.05) is 44.0 Å². The fourth-order valence-corrected chi connectivity index (χ4v) is 2.40. The third kappa shape index (κ3) is 5.83. The Labute approximate surface area is 152 Å². The number of ether oxygens (including phenoxy) is 1. The number of nitrogens with one attached hydrogen (secondary N) is 2. The predicted octanol–water partition coefficient (Wildman–Crippen LogP) is 4.52. The van der Waals surface area contributed by atoms with Gasteiger partial charge in [-0.2, -0.15) is 0 Å². The highest BCUT2D eigenvalue weighted by Gasteiger charge is 2.14. The average Bonchev–Trinajstić information content (AvgIpc) is 2.61. The van der Waals surface area contributed by atoms with Crippen LogP contribution in [0.25, 0.3) is 0 Å². The molecular formula is C19H21FN2O2S. The summed E-state index contributed by atoms with van der Waals surface area (Å²) in [5.41, 5.74) is 0.591. The summed E-state index contributed by atoms with van der Waals surface area (Å²) in [4.78, 5) is 12.4. The van der Waals surface area contributed by atoms with Crippen LogP contribution in [0.1, 0.15) is 36.5 Å². The monoisotopic (exact) mass is 360 g/mol. The first-order chi connectivity index (χ1) is 12.1. The molecule has 0 aromatic heterocycles. The van der Waals surface area contributed by atoms with Gasteiger partial charge in [-0.3, -0.25) is 10.1 Å². The van der Waals surface area contributed by atoms with Crippen LogP contribution in [0.4, 0.5) is 10.1 Å². The normalized spacial score (nSPS) is 10.2. The second-order valence-electron chi connectivity index (χ2n) is 5.44. The number of halogens is 1. The molecule has 2 aromatic carbocycles. The highest BCUT2D eigenvalue weighted by molar-refractivity contribution is 7.80. The molecule has 0 atom stereocenters. The van der Waals surface area contributed by atoms with E-state index in [0.29, 0.717) is 17.9 Å². The third-order valence-corrected chi connectivity index (χ3v) is 3.69. The molecule has 132 valence electrons. The Balaban J connectivity index is 1.98. The number of hydrogen-bond donors (Lipinski definition) is 2. The van der Waals surface area contributed by atoms with E-state index in [9.17, 15) is 9.18 Å². The van der Waals surface area contributed by atoms with E-state index in [0.717, 1.165) is 19.3 Å². The molecule has 25 heavy (non-hydrogen) atoms. The van der Waals surface area contributed by atoms with E-state index in [4.69, 9.17) is 17.0 Å². The van der Waals surface area contributed by atoms with Gasteiger partial charge in [0, 0.05) is 0 Å². The van der Waals surface area contributed by atoms with E-state index in [1.54, 1.807) is 36.4 Å². The average molecular weight is 360 g/mol. The van der Waals surface area contributed by atoms with Crippen LogP contribution < -0.4 is 15.4 Å². The summed E-state index contributed by atoms with van der Waals surface area (Å²) < 4.78 is 19.3. The Morgan fingerprint density at radius 1 is 1.12 bits per heavy atom. The van der Waals surface area contributed by atoms with Crippen LogP contribution >= 0.6 is 12.2 Å². The van der Waals surface area contributed by atoms with Crippen molar-refractivity contribution in [3.05, 3.63) is 59.9 Å². The fraction of sp³-hybridized carbons (Fsp3) is 0.263. The second kappa shape index (κ2) is 9.74. The lowest BCUT2D eigenvalue weighted by atomic mass is 10.2. The Morgan fingerprint density at radius 3 is 2.60 bits per heavy atom. The summed E-state index contributed by atoms with van der Waals surface area (Å²) in [6, 6.07) is 13.1. The zero-order valence-electron chi connectivity index (χ0n) is 14.0. The Bertz CT molecular complexity index is 737. The minimum atomic E-state index is -0.446. The maximum absolute atomic E-state index is 13.6. The molecule has 2 rings (SSSR count). The van der Waals surface area contributed by atoms with Gasteiger partial charge in [-0.25, -0.2) is 4.39 Å². The number of amides is 1. The van der Waals surface area contributed by atoms with Crippen LogP contribution in [0.2, 0.25) is 0 Å². The molecule has 0 bridgehead atoms. The van der Waals surface area contributed by atoms with E-state index in [2.05, 4.69) is 17.6 Å². The molecular weight excluding hydrogens is 339 g/mol. The van der Waals surface area contributed by atoms with Gasteiger partial charge in [0.2, 0.25) is 0 Å². The number of anilines is 1. The van der Waals surface area contributed by atoms with E-state index in [1.165, 1.54) is 6.07 Å². The number of hydrogen-bond acceptors (Lipinski definition) is 3. The number of thiocarbonyl (C=S) groups is 1. The first-order valence-electron chi connectivity index (χ1n) is 8.20. The van der Waals surface area contributed by atoms with Gasteiger partial charge in [0.1, 0.15) is 11.6 Å². The van der Waals surface area contributed by atoms with Crippen molar-refractivity contribution in [3.8, 4) is 5.75 Å². The molecule has 0 saturated carbocycles. The first-order valence-corrected chi connectivity index (χ1v) is 8.61. The molecule has 1 amide bonds. The van der Waals surface area contributed by atoms with Crippen molar-refractivity contribution in [2.24, 2.45) is 0 Å². The summed E-state index contributed by atoms with van der Waals surface area (Å²) in [5, 5.41) is 5.25. The maximum Gasteiger partial charge on any atom is 0.261 e. The molecule has 6 heteroatoms. The molecule has 4 nitrogen and oxygen atoms in total. The molecule has 0 aliphatic carbocycles. The number of benzene rings is 2. The molecule has 0 unspecified atom stereocenters. The number of carbonyl (C=O) groups is 1. The highest BCUT2D eigenvalue weighted by Crippen LogP contribution is 2.18. The van der Waals surface area contributed by atoms with Crippen molar-refractivity contribution in [2.45, 2.75) is 26.2 Å². The largest absolute Gasteiger partial charge is 0.493 e. The summed E-state index contributed by atoms with van der Waals surface area (Å²) >= 11 is 5.09. The molecule has 0 spiro atoms. The van der Waals surface area contributed by atoms with Crippen molar-refractivity contribution >= 4 is 28.9 Å². The van der Waals surface area contributed by atoms with E-state index < -0.39 is 11.7 Å². The van der Waals surface area contributed by atoms with Gasteiger partial charge in [-0.15, -0.1) is 0 Å². The lowest BCUT2D eigenvalue weighted by Crippen LogP contribution is -2.34. The van der Waals surface area contributed by atoms with E-state index in [1.807, 2.05) is 6.07 Å². The van der Waals surface area contributed by atoms with Crippen LogP contribution in [0.15, 0.2) is 48.5 Å².